The summed E-state index contributed by atoms with van der Waals surface area (Å²) in [6.07, 6.45) is 1.91. The molecule has 0 radical (unpaired) electrons. The van der Waals surface area contributed by atoms with E-state index in [0.717, 1.165) is 24.0 Å². The standard InChI is InChI=1S/C32H30N6O4/c39-16-25-28(40)26(37-31(41)21-12-10-20(11-13-21)19-6-2-1-3-7-19)32(42-25)38-18-35-27-29(33-17-34-30(27)38)36-24-14-22-8-4-5-9-23(22)15-24/h1-13,17-18,24-26,28,32,39-40H,14-16H2,(H,37,41)(H,33,34,36)/t25-,26-,28-,32-/m1/s1. The van der Waals surface area contributed by atoms with Crippen molar-refractivity contribution in [1.82, 2.24) is 24.8 Å². The summed E-state index contributed by atoms with van der Waals surface area (Å²) in [5.41, 5.74) is 6.17. The molecular formula is C32H30N6O4. The number of carbonyl (C=O) groups excluding carboxylic acids is 1. The summed E-state index contributed by atoms with van der Waals surface area (Å²) in [5.74, 6) is 0.237. The minimum atomic E-state index is -1.15. The first-order valence-electron chi connectivity index (χ1n) is 14.0. The average Bonchev–Trinajstić information content (AvgIpc) is 3.73. The molecule has 2 aromatic heterocycles. The van der Waals surface area contributed by atoms with E-state index in [4.69, 9.17) is 4.74 Å². The van der Waals surface area contributed by atoms with Gasteiger partial charge in [0.15, 0.2) is 23.2 Å². The number of anilines is 1. The second kappa shape index (κ2) is 11.0. The molecule has 1 amide bonds. The highest BCUT2D eigenvalue weighted by molar-refractivity contribution is 5.95. The lowest BCUT2D eigenvalue weighted by atomic mass is 10.0. The number of hydrogen-bond acceptors (Lipinski definition) is 8. The number of hydrogen-bond donors (Lipinski definition) is 4. The summed E-state index contributed by atoms with van der Waals surface area (Å²) >= 11 is 0. The highest BCUT2D eigenvalue weighted by atomic mass is 16.5. The first kappa shape index (κ1) is 26.3. The van der Waals surface area contributed by atoms with E-state index in [1.54, 1.807) is 23.0 Å². The Morgan fingerprint density at radius 1 is 0.905 bits per heavy atom. The zero-order valence-electron chi connectivity index (χ0n) is 22.7. The van der Waals surface area contributed by atoms with Crippen LogP contribution in [0.1, 0.15) is 27.7 Å². The first-order chi connectivity index (χ1) is 20.6. The second-order valence-electron chi connectivity index (χ2n) is 10.7. The van der Waals surface area contributed by atoms with Gasteiger partial charge in [0.1, 0.15) is 24.6 Å². The highest BCUT2D eigenvalue weighted by Gasteiger charge is 2.46. The summed E-state index contributed by atoms with van der Waals surface area (Å²) in [5, 5.41) is 27.4. The monoisotopic (exact) mass is 562 g/mol. The number of amides is 1. The maximum atomic E-state index is 13.3. The molecular weight excluding hydrogens is 532 g/mol. The normalized spacial score (nSPS) is 21.9. The SMILES string of the molecule is O=C(N[C@@H]1[C@H](O)[C@@H](CO)O[C@H]1n1cnc2c(NC3Cc4ccccc4C3)ncnc21)c1ccc(-c2ccccc2)cc1. The van der Waals surface area contributed by atoms with Gasteiger partial charge in [0.2, 0.25) is 0 Å². The van der Waals surface area contributed by atoms with Crippen LogP contribution in [-0.4, -0.2) is 66.5 Å². The van der Waals surface area contributed by atoms with Gasteiger partial charge in [-0.2, -0.15) is 0 Å². The number of benzene rings is 3. The van der Waals surface area contributed by atoms with Crippen LogP contribution < -0.4 is 10.6 Å². The Morgan fingerprint density at radius 2 is 1.60 bits per heavy atom. The molecule has 42 heavy (non-hydrogen) atoms. The van der Waals surface area contributed by atoms with Crippen LogP contribution in [0.5, 0.6) is 0 Å². The number of rotatable bonds is 7. The van der Waals surface area contributed by atoms with Crippen LogP contribution in [-0.2, 0) is 17.6 Å². The van der Waals surface area contributed by atoms with E-state index in [9.17, 15) is 15.0 Å². The van der Waals surface area contributed by atoms with Crippen molar-refractivity contribution in [3.8, 4) is 11.1 Å². The molecule has 0 spiro atoms. The van der Waals surface area contributed by atoms with Crippen molar-refractivity contribution < 1.29 is 19.7 Å². The Morgan fingerprint density at radius 3 is 2.31 bits per heavy atom. The van der Waals surface area contributed by atoms with Crippen molar-refractivity contribution >= 4 is 22.9 Å². The Kier molecular flexibility index (Phi) is 6.87. The topological polar surface area (TPSA) is 134 Å². The number of fused-ring (bicyclic) bond motifs is 2. The molecule has 1 saturated heterocycles. The summed E-state index contributed by atoms with van der Waals surface area (Å²) in [6, 6.07) is 24.9. The minimum Gasteiger partial charge on any atom is -0.394 e. The molecule has 10 heteroatoms. The third kappa shape index (κ3) is 4.79. The molecule has 0 bridgehead atoms. The van der Waals surface area contributed by atoms with Gasteiger partial charge in [-0.05, 0) is 47.2 Å². The van der Waals surface area contributed by atoms with E-state index >= 15 is 0 Å². The molecule has 1 aliphatic heterocycles. The molecule has 7 rings (SSSR count). The van der Waals surface area contributed by atoms with Crippen molar-refractivity contribution in [1.29, 1.82) is 0 Å². The van der Waals surface area contributed by atoms with Crippen LogP contribution in [0.15, 0.2) is 91.5 Å². The summed E-state index contributed by atoms with van der Waals surface area (Å²) in [7, 11) is 0. The average molecular weight is 563 g/mol. The Labute approximate surface area is 242 Å². The molecule has 4 N–H and O–H groups in total. The largest absolute Gasteiger partial charge is 0.394 e. The van der Waals surface area contributed by atoms with Crippen LogP contribution in [0.3, 0.4) is 0 Å². The molecule has 0 saturated carbocycles. The van der Waals surface area contributed by atoms with Crippen molar-refractivity contribution in [2.45, 2.75) is 43.4 Å². The zero-order chi connectivity index (χ0) is 28.6. The number of nitrogens with one attached hydrogen (secondary N) is 2. The van der Waals surface area contributed by atoms with Gasteiger partial charge >= 0.3 is 0 Å². The van der Waals surface area contributed by atoms with Crippen LogP contribution in [0.25, 0.3) is 22.3 Å². The zero-order valence-corrected chi connectivity index (χ0v) is 22.7. The fourth-order valence-corrected chi connectivity index (χ4v) is 5.97. The number of aromatic nitrogens is 4. The third-order valence-electron chi connectivity index (χ3n) is 8.13. The van der Waals surface area contributed by atoms with Gasteiger partial charge in [0, 0.05) is 11.6 Å². The second-order valence-corrected chi connectivity index (χ2v) is 10.7. The van der Waals surface area contributed by atoms with Crippen molar-refractivity contribution in [3.05, 3.63) is 108 Å². The molecule has 1 aliphatic carbocycles. The van der Waals surface area contributed by atoms with Crippen LogP contribution in [0, 0.1) is 0 Å². The predicted octanol–water partition coefficient (Wildman–Crippen LogP) is 3.12. The molecule has 10 nitrogen and oxygen atoms in total. The Balaban J connectivity index is 1.13. The molecule has 212 valence electrons. The smallest absolute Gasteiger partial charge is 0.251 e. The van der Waals surface area contributed by atoms with Gasteiger partial charge in [-0.25, -0.2) is 15.0 Å². The molecule has 4 atom stereocenters. The number of imidazole rings is 1. The van der Waals surface area contributed by atoms with Gasteiger partial charge in [-0.1, -0.05) is 66.7 Å². The number of aliphatic hydroxyl groups is 2. The van der Waals surface area contributed by atoms with E-state index in [1.807, 2.05) is 42.5 Å². The quantitative estimate of drug-likeness (QED) is 0.238. The van der Waals surface area contributed by atoms with Crippen LogP contribution >= 0.6 is 0 Å². The lowest BCUT2D eigenvalue weighted by Crippen LogP contribution is -2.46. The van der Waals surface area contributed by atoms with Crippen molar-refractivity contribution in [2.75, 3.05) is 11.9 Å². The lowest BCUT2D eigenvalue weighted by Gasteiger charge is -2.23. The predicted molar refractivity (Wildman–Crippen MR) is 157 cm³/mol. The van der Waals surface area contributed by atoms with Crippen LogP contribution in [0.4, 0.5) is 5.82 Å². The van der Waals surface area contributed by atoms with Crippen molar-refractivity contribution in [2.24, 2.45) is 0 Å². The number of nitrogens with zero attached hydrogens (tertiary/aromatic N) is 4. The van der Waals surface area contributed by atoms with E-state index < -0.39 is 31.1 Å². The van der Waals surface area contributed by atoms with Gasteiger partial charge in [0.25, 0.3) is 5.91 Å². The van der Waals surface area contributed by atoms with Gasteiger partial charge in [0.05, 0.1) is 12.9 Å². The Hall–Kier alpha value is -4.64. The molecule has 1 fully saturated rings. The molecule has 3 aromatic carbocycles. The summed E-state index contributed by atoms with van der Waals surface area (Å²) < 4.78 is 7.72. The summed E-state index contributed by atoms with van der Waals surface area (Å²) in [6.45, 7) is -0.410. The number of ether oxygens (including phenoxy) is 1. The van der Waals surface area contributed by atoms with E-state index in [1.165, 1.54) is 17.5 Å². The molecule has 5 aromatic rings. The Bertz CT molecular complexity index is 1700. The molecule has 3 heterocycles. The van der Waals surface area contributed by atoms with Crippen molar-refractivity contribution in [3.63, 3.8) is 0 Å². The summed E-state index contributed by atoms with van der Waals surface area (Å²) in [4.78, 5) is 26.8. The number of carbonyl (C=O) groups is 1. The van der Waals surface area contributed by atoms with E-state index in [-0.39, 0.29) is 11.9 Å². The fraction of sp³-hybridized carbons (Fsp3) is 0.250. The molecule has 0 unspecified atom stereocenters. The number of aliphatic hydroxyl groups excluding tert-OH is 2. The fourth-order valence-electron chi connectivity index (χ4n) is 5.97. The van der Waals surface area contributed by atoms with E-state index in [2.05, 4.69) is 49.9 Å². The highest BCUT2D eigenvalue weighted by Crippen LogP contribution is 2.33. The minimum absolute atomic E-state index is 0.175. The van der Waals surface area contributed by atoms with Crippen LogP contribution in [0.2, 0.25) is 0 Å². The van der Waals surface area contributed by atoms with E-state index in [0.29, 0.717) is 22.5 Å². The molecule has 2 aliphatic rings. The maximum absolute atomic E-state index is 13.3. The van der Waals surface area contributed by atoms with Gasteiger partial charge in [-0.3, -0.25) is 9.36 Å². The third-order valence-corrected chi connectivity index (χ3v) is 8.13. The van der Waals surface area contributed by atoms with Gasteiger partial charge < -0.3 is 25.6 Å². The maximum Gasteiger partial charge on any atom is 0.251 e. The lowest BCUT2D eigenvalue weighted by molar-refractivity contribution is -0.0440. The van der Waals surface area contributed by atoms with Gasteiger partial charge in [-0.15, -0.1) is 0 Å². The first-order valence-corrected chi connectivity index (χ1v) is 14.0.